The number of nitrogens with zero attached hydrogens (tertiary/aromatic N) is 5. The van der Waals surface area contributed by atoms with Gasteiger partial charge in [0, 0.05) is 30.5 Å². The molecule has 4 rings (SSSR count). The van der Waals surface area contributed by atoms with Crippen LogP contribution in [-0.4, -0.2) is 25.0 Å². The fourth-order valence-corrected chi connectivity index (χ4v) is 2.95. The van der Waals surface area contributed by atoms with Crippen LogP contribution in [0.3, 0.4) is 0 Å². The van der Waals surface area contributed by atoms with Crippen LogP contribution in [0, 0.1) is 11.6 Å². The molecule has 0 aliphatic carbocycles. The Bertz CT molecular complexity index is 1130. The van der Waals surface area contributed by atoms with E-state index in [9.17, 15) is 8.78 Å². The molecule has 0 aliphatic rings. The molecule has 0 unspecified atom stereocenters. The molecule has 28 heavy (non-hydrogen) atoms. The van der Waals surface area contributed by atoms with Crippen molar-refractivity contribution >= 4 is 27.5 Å². The second kappa shape index (κ2) is 7.64. The maximum Gasteiger partial charge on any atom is 0.266 e. The fourth-order valence-electron chi connectivity index (χ4n) is 2.37. The van der Waals surface area contributed by atoms with E-state index in [1.54, 1.807) is 24.4 Å². The first-order valence-electron chi connectivity index (χ1n) is 7.78. The highest BCUT2D eigenvalue weighted by Gasteiger charge is 2.19. The normalized spacial score (nSPS) is 11.0. The van der Waals surface area contributed by atoms with Gasteiger partial charge in [-0.05, 0) is 28.1 Å². The van der Waals surface area contributed by atoms with Crippen molar-refractivity contribution in [3.05, 3.63) is 69.7 Å². The van der Waals surface area contributed by atoms with Gasteiger partial charge in [0.1, 0.15) is 27.7 Å². The molecule has 0 saturated carbocycles. The SMILES string of the molecule is Fc1cc(F)cc(OCc2nnc(-c3cc(Br)nn3-c3ncccc3Cl)o2)c1. The lowest BCUT2D eigenvalue weighted by Gasteiger charge is -2.05. The lowest BCUT2D eigenvalue weighted by Crippen LogP contribution is -2.02. The van der Waals surface area contributed by atoms with E-state index in [4.69, 9.17) is 20.8 Å². The Morgan fingerprint density at radius 3 is 2.68 bits per heavy atom. The number of halogens is 4. The van der Waals surface area contributed by atoms with Crippen LogP contribution in [0.25, 0.3) is 17.4 Å². The lowest BCUT2D eigenvalue weighted by atomic mass is 10.3. The molecule has 7 nitrogen and oxygen atoms in total. The molecule has 0 radical (unpaired) electrons. The minimum atomic E-state index is -0.748. The first-order chi connectivity index (χ1) is 13.5. The van der Waals surface area contributed by atoms with E-state index in [1.165, 1.54) is 4.68 Å². The summed E-state index contributed by atoms with van der Waals surface area (Å²) in [6.45, 7) is -0.171. The second-order valence-corrected chi connectivity index (χ2v) is 6.69. The smallest absolute Gasteiger partial charge is 0.266 e. The molecule has 4 aromatic rings. The van der Waals surface area contributed by atoms with Crippen molar-refractivity contribution in [2.75, 3.05) is 0 Å². The number of aromatic nitrogens is 5. The van der Waals surface area contributed by atoms with Crippen LogP contribution < -0.4 is 4.74 Å². The van der Waals surface area contributed by atoms with E-state index in [-0.39, 0.29) is 24.1 Å². The van der Waals surface area contributed by atoms with Crippen molar-refractivity contribution in [2.45, 2.75) is 6.61 Å². The summed E-state index contributed by atoms with van der Waals surface area (Å²) in [5.41, 5.74) is 0.447. The number of rotatable bonds is 5. The van der Waals surface area contributed by atoms with Gasteiger partial charge in [-0.3, -0.25) is 0 Å². The van der Waals surface area contributed by atoms with Gasteiger partial charge in [0.25, 0.3) is 11.8 Å². The molecule has 3 heterocycles. The van der Waals surface area contributed by atoms with Crippen molar-refractivity contribution in [1.29, 1.82) is 0 Å². The lowest BCUT2D eigenvalue weighted by molar-refractivity contribution is 0.262. The van der Waals surface area contributed by atoms with Gasteiger partial charge in [0.15, 0.2) is 12.4 Å². The average molecular weight is 469 g/mol. The van der Waals surface area contributed by atoms with Crippen molar-refractivity contribution in [3.8, 4) is 23.2 Å². The molecule has 0 fully saturated rings. The molecule has 0 amide bonds. The summed E-state index contributed by atoms with van der Waals surface area (Å²) in [5.74, 6) is -0.856. The second-order valence-electron chi connectivity index (χ2n) is 5.47. The van der Waals surface area contributed by atoms with E-state index in [0.717, 1.165) is 18.2 Å². The number of ether oxygens (including phenoxy) is 1. The molecule has 0 atom stereocenters. The summed E-state index contributed by atoms with van der Waals surface area (Å²) in [6.07, 6.45) is 1.58. The Kier molecular flexibility index (Phi) is 5.05. The largest absolute Gasteiger partial charge is 0.484 e. The Hall–Kier alpha value is -2.85. The van der Waals surface area contributed by atoms with Gasteiger partial charge in [-0.2, -0.15) is 5.10 Å². The van der Waals surface area contributed by atoms with Gasteiger partial charge in [0.2, 0.25) is 0 Å². The summed E-state index contributed by atoms with van der Waals surface area (Å²) >= 11 is 9.48. The third-order valence-corrected chi connectivity index (χ3v) is 4.19. The molecular formula is C17H9BrClF2N5O2. The highest BCUT2D eigenvalue weighted by atomic mass is 79.9. The van der Waals surface area contributed by atoms with Crippen LogP contribution >= 0.6 is 27.5 Å². The van der Waals surface area contributed by atoms with Crippen LogP contribution in [0.4, 0.5) is 8.78 Å². The molecule has 0 saturated heterocycles. The molecule has 1 aromatic carbocycles. The van der Waals surface area contributed by atoms with Gasteiger partial charge in [0.05, 0.1) is 5.02 Å². The Morgan fingerprint density at radius 2 is 1.93 bits per heavy atom. The standard InChI is InChI=1S/C17H9BrClF2N5O2/c18-14-7-13(26(25-14)16-12(19)2-1-3-22-16)17-24-23-15(28-17)8-27-11-5-9(20)4-10(21)6-11/h1-7H,8H2. The van der Waals surface area contributed by atoms with Crippen LogP contribution in [0.5, 0.6) is 5.75 Å². The van der Waals surface area contributed by atoms with Crippen LogP contribution in [0.2, 0.25) is 5.02 Å². The minimum absolute atomic E-state index is 0.00491. The van der Waals surface area contributed by atoms with Gasteiger partial charge in [-0.25, -0.2) is 18.4 Å². The first-order valence-corrected chi connectivity index (χ1v) is 8.95. The Morgan fingerprint density at radius 1 is 1.14 bits per heavy atom. The molecule has 0 aliphatic heterocycles. The topological polar surface area (TPSA) is 78.9 Å². The number of hydrogen-bond acceptors (Lipinski definition) is 6. The van der Waals surface area contributed by atoms with Crippen LogP contribution in [0.15, 0.2) is 51.6 Å². The van der Waals surface area contributed by atoms with E-state index < -0.39 is 11.6 Å². The minimum Gasteiger partial charge on any atom is -0.484 e. The van der Waals surface area contributed by atoms with Gasteiger partial charge < -0.3 is 9.15 Å². The van der Waals surface area contributed by atoms with E-state index >= 15 is 0 Å². The molecule has 0 spiro atoms. The van der Waals surface area contributed by atoms with Crippen LogP contribution in [-0.2, 0) is 6.61 Å². The zero-order chi connectivity index (χ0) is 19.7. The van der Waals surface area contributed by atoms with Crippen LogP contribution in [0.1, 0.15) is 5.89 Å². The summed E-state index contributed by atoms with van der Waals surface area (Å²) < 4.78 is 39.3. The van der Waals surface area contributed by atoms with Crippen molar-refractivity contribution < 1.29 is 17.9 Å². The third-order valence-electron chi connectivity index (χ3n) is 3.50. The molecule has 11 heteroatoms. The zero-order valence-electron chi connectivity index (χ0n) is 13.8. The molecule has 3 aromatic heterocycles. The molecule has 142 valence electrons. The molecule has 0 N–H and O–H groups in total. The molecular weight excluding hydrogens is 460 g/mol. The van der Waals surface area contributed by atoms with Gasteiger partial charge in [-0.15, -0.1) is 10.2 Å². The van der Waals surface area contributed by atoms with Crippen molar-refractivity contribution in [2.24, 2.45) is 0 Å². The maximum atomic E-state index is 13.2. The Balaban J connectivity index is 1.59. The van der Waals surface area contributed by atoms with E-state index in [2.05, 4.69) is 36.2 Å². The van der Waals surface area contributed by atoms with Crippen molar-refractivity contribution in [1.82, 2.24) is 25.0 Å². The summed E-state index contributed by atoms with van der Waals surface area (Å²) in [7, 11) is 0. The first kappa shape index (κ1) is 18.5. The van der Waals surface area contributed by atoms with Gasteiger partial charge in [-0.1, -0.05) is 11.6 Å². The predicted molar refractivity (Wildman–Crippen MR) is 98.1 cm³/mol. The van der Waals surface area contributed by atoms with E-state index in [1.807, 2.05) is 0 Å². The Labute approximate surface area is 170 Å². The van der Waals surface area contributed by atoms with Gasteiger partial charge >= 0.3 is 0 Å². The maximum absolute atomic E-state index is 13.2. The monoisotopic (exact) mass is 467 g/mol. The third kappa shape index (κ3) is 3.87. The predicted octanol–water partition coefficient (Wildman–Crippen LogP) is 4.59. The molecule has 0 bridgehead atoms. The van der Waals surface area contributed by atoms with E-state index in [0.29, 0.717) is 21.1 Å². The summed E-state index contributed by atoms with van der Waals surface area (Å²) in [4.78, 5) is 4.21. The number of benzene rings is 1. The number of hydrogen-bond donors (Lipinski definition) is 0. The van der Waals surface area contributed by atoms with Crippen molar-refractivity contribution in [3.63, 3.8) is 0 Å². The average Bonchev–Trinajstić information content (AvgIpc) is 3.26. The fraction of sp³-hybridized carbons (Fsp3) is 0.0588. The quantitative estimate of drug-likeness (QED) is 0.426. The summed E-state index contributed by atoms with van der Waals surface area (Å²) in [5, 5.41) is 12.5. The zero-order valence-corrected chi connectivity index (χ0v) is 16.2. The summed E-state index contributed by atoms with van der Waals surface area (Å²) in [6, 6.07) is 7.88. The highest BCUT2D eigenvalue weighted by molar-refractivity contribution is 9.10. The number of pyridine rings is 1. The highest BCUT2D eigenvalue weighted by Crippen LogP contribution is 2.27.